The smallest absolute Gasteiger partial charge is 0.0649 e. The van der Waals surface area contributed by atoms with Crippen molar-refractivity contribution in [3.63, 3.8) is 0 Å². The molecule has 2 nitrogen and oxygen atoms in total. The second-order valence-corrected chi connectivity index (χ2v) is 4.48. The fourth-order valence-electron chi connectivity index (χ4n) is 2.02. The van der Waals surface area contributed by atoms with Crippen LogP contribution in [0.2, 0.25) is 0 Å². The third-order valence-corrected chi connectivity index (χ3v) is 3.00. The van der Waals surface area contributed by atoms with Gasteiger partial charge >= 0.3 is 0 Å². The summed E-state index contributed by atoms with van der Waals surface area (Å²) in [5, 5.41) is 3.44. The molecule has 2 fully saturated rings. The number of likely N-dealkylation sites (tertiary alicyclic amines) is 1. The predicted molar refractivity (Wildman–Crippen MR) is 50.9 cm³/mol. The van der Waals surface area contributed by atoms with Crippen molar-refractivity contribution in [1.29, 1.82) is 0 Å². The molecule has 2 aliphatic rings. The van der Waals surface area contributed by atoms with Gasteiger partial charge in [0.25, 0.3) is 0 Å². The maximum atomic E-state index is 4.16. The van der Waals surface area contributed by atoms with Crippen LogP contribution in [0.15, 0.2) is 12.3 Å². The second-order valence-electron chi connectivity index (χ2n) is 4.48. The standard InChI is InChI=1S/C10H18N2/c1-8(9-10(2,3)11-9)12-6-4-5-7-12/h9,11H,1,4-7H2,2-3H3. The van der Waals surface area contributed by atoms with Gasteiger partial charge in [-0.25, -0.2) is 0 Å². The number of rotatable bonds is 2. The van der Waals surface area contributed by atoms with E-state index in [9.17, 15) is 0 Å². The Morgan fingerprint density at radius 1 is 1.42 bits per heavy atom. The van der Waals surface area contributed by atoms with Crippen LogP contribution < -0.4 is 5.32 Å². The van der Waals surface area contributed by atoms with E-state index in [1.54, 1.807) is 0 Å². The Morgan fingerprint density at radius 3 is 2.33 bits per heavy atom. The molecule has 0 saturated carbocycles. The van der Waals surface area contributed by atoms with Crippen LogP contribution in [0.5, 0.6) is 0 Å². The highest BCUT2D eigenvalue weighted by atomic mass is 15.3. The Bertz CT molecular complexity index is 195. The first-order valence-electron chi connectivity index (χ1n) is 4.83. The number of hydrogen-bond donors (Lipinski definition) is 1. The summed E-state index contributed by atoms with van der Waals surface area (Å²) >= 11 is 0. The average Bonchev–Trinajstić information content (AvgIpc) is 2.56. The summed E-state index contributed by atoms with van der Waals surface area (Å²) in [4.78, 5) is 2.42. The zero-order chi connectivity index (χ0) is 8.77. The van der Waals surface area contributed by atoms with Crippen molar-refractivity contribution in [2.24, 2.45) is 0 Å². The first kappa shape index (κ1) is 8.11. The lowest BCUT2D eigenvalue weighted by atomic mass is 10.1. The highest BCUT2D eigenvalue weighted by molar-refractivity contribution is 5.25. The molecule has 0 amide bonds. The van der Waals surface area contributed by atoms with Crippen molar-refractivity contribution in [3.8, 4) is 0 Å². The van der Waals surface area contributed by atoms with Crippen LogP contribution in [0, 0.1) is 0 Å². The van der Waals surface area contributed by atoms with Crippen LogP contribution in [-0.4, -0.2) is 29.6 Å². The van der Waals surface area contributed by atoms with E-state index in [2.05, 4.69) is 30.6 Å². The van der Waals surface area contributed by atoms with Gasteiger partial charge in [-0.3, -0.25) is 0 Å². The zero-order valence-corrected chi connectivity index (χ0v) is 8.06. The van der Waals surface area contributed by atoms with Gasteiger partial charge in [0.15, 0.2) is 0 Å². The molecule has 2 saturated heterocycles. The first-order chi connectivity index (χ1) is 5.61. The molecule has 2 rings (SSSR count). The minimum atomic E-state index is 0.305. The molecule has 2 heteroatoms. The Hall–Kier alpha value is -0.500. The molecule has 0 spiro atoms. The van der Waals surface area contributed by atoms with Gasteiger partial charge in [0, 0.05) is 24.3 Å². The first-order valence-corrected chi connectivity index (χ1v) is 4.83. The molecule has 2 aliphatic heterocycles. The third-order valence-electron chi connectivity index (χ3n) is 3.00. The summed E-state index contributed by atoms with van der Waals surface area (Å²) in [5.74, 6) is 0. The van der Waals surface area contributed by atoms with Crippen molar-refractivity contribution in [2.75, 3.05) is 13.1 Å². The molecule has 0 radical (unpaired) electrons. The lowest BCUT2D eigenvalue weighted by Gasteiger charge is -2.20. The van der Waals surface area contributed by atoms with Crippen LogP contribution in [0.3, 0.4) is 0 Å². The van der Waals surface area contributed by atoms with Gasteiger partial charge in [0.2, 0.25) is 0 Å². The number of hydrogen-bond acceptors (Lipinski definition) is 2. The number of nitrogens with zero attached hydrogens (tertiary/aromatic N) is 1. The zero-order valence-electron chi connectivity index (χ0n) is 8.06. The maximum absolute atomic E-state index is 4.16. The average molecular weight is 166 g/mol. The summed E-state index contributed by atoms with van der Waals surface area (Å²) in [6, 6.07) is 0.538. The van der Waals surface area contributed by atoms with E-state index >= 15 is 0 Å². The SMILES string of the molecule is C=C(C1NC1(C)C)N1CCCC1. The van der Waals surface area contributed by atoms with Crippen molar-refractivity contribution in [1.82, 2.24) is 10.2 Å². The lowest BCUT2D eigenvalue weighted by molar-refractivity contribution is 0.411. The number of nitrogens with one attached hydrogen (secondary N) is 1. The molecule has 0 aliphatic carbocycles. The van der Waals surface area contributed by atoms with Gasteiger partial charge in [0.05, 0.1) is 6.04 Å². The van der Waals surface area contributed by atoms with Crippen molar-refractivity contribution < 1.29 is 0 Å². The van der Waals surface area contributed by atoms with E-state index in [-0.39, 0.29) is 0 Å². The molecule has 1 N–H and O–H groups in total. The van der Waals surface area contributed by atoms with Crippen molar-refractivity contribution in [2.45, 2.75) is 38.3 Å². The summed E-state index contributed by atoms with van der Waals surface area (Å²) in [7, 11) is 0. The van der Waals surface area contributed by atoms with E-state index in [1.165, 1.54) is 31.6 Å². The highest BCUT2D eigenvalue weighted by Crippen LogP contribution is 2.33. The summed E-state index contributed by atoms with van der Waals surface area (Å²) in [5.41, 5.74) is 1.61. The predicted octanol–water partition coefficient (Wildman–Crippen LogP) is 1.35. The van der Waals surface area contributed by atoms with Crippen molar-refractivity contribution in [3.05, 3.63) is 12.3 Å². The van der Waals surface area contributed by atoms with E-state index in [0.29, 0.717) is 11.6 Å². The molecule has 2 heterocycles. The van der Waals surface area contributed by atoms with E-state index < -0.39 is 0 Å². The highest BCUT2D eigenvalue weighted by Gasteiger charge is 2.48. The molecule has 0 aromatic rings. The maximum Gasteiger partial charge on any atom is 0.0649 e. The van der Waals surface area contributed by atoms with E-state index in [0.717, 1.165) is 0 Å². The summed E-state index contributed by atoms with van der Waals surface area (Å²) in [6.45, 7) is 11.1. The topological polar surface area (TPSA) is 25.2 Å². The molecule has 1 atom stereocenters. The normalized spacial score (nSPS) is 32.2. The lowest BCUT2D eigenvalue weighted by Crippen LogP contribution is -2.23. The third kappa shape index (κ3) is 1.24. The molecular weight excluding hydrogens is 148 g/mol. The molecule has 12 heavy (non-hydrogen) atoms. The summed E-state index contributed by atoms with van der Waals surface area (Å²) < 4.78 is 0. The quantitative estimate of drug-likeness (QED) is 0.626. The monoisotopic (exact) mass is 166 g/mol. The van der Waals surface area contributed by atoms with Gasteiger partial charge in [-0.15, -0.1) is 0 Å². The Balaban J connectivity index is 1.93. The van der Waals surface area contributed by atoms with Crippen LogP contribution in [0.4, 0.5) is 0 Å². The van der Waals surface area contributed by atoms with Gasteiger partial charge < -0.3 is 10.2 Å². The van der Waals surface area contributed by atoms with Gasteiger partial charge in [-0.1, -0.05) is 6.58 Å². The Labute approximate surface area is 74.6 Å². The van der Waals surface area contributed by atoms with Crippen molar-refractivity contribution >= 4 is 0 Å². The van der Waals surface area contributed by atoms with Gasteiger partial charge in [-0.2, -0.15) is 0 Å². The minimum Gasteiger partial charge on any atom is -0.374 e. The van der Waals surface area contributed by atoms with Crippen LogP contribution in [0.25, 0.3) is 0 Å². The van der Waals surface area contributed by atoms with Gasteiger partial charge in [0.1, 0.15) is 0 Å². The van der Waals surface area contributed by atoms with Crippen LogP contribution in [0.1, 0.15) is 26.7 Å². The molecule has 0 bridgehead atoms. The Kier molecular flexibility index (Phi) is 1.69. The van der Waals surface area contributed by atoms with Gasteiger partial charge in [-0.05, 0) is 26.7 Å². The molecule has 68 valence electrons. The summed E-state index contributed by atoms with van der Waals surface area (Å²) in [6.07, 6.45) is 2.68. The fraction of sp³-hybridized carbons (Fsp3) is 0.800. The van der Waals surface area contributed by atoms with E-state index in [4.69, 9.17) is 0 Å². The van der Waals surface area contributed by atoms with Crippen LogP contribution >= 0.6 is 0 Å². The Morgan fingerprint density at radius 2 is 1.92 bits per heavy atom. The minimum absolute atomic E-state index is 0.305. The largest absolute Gasteiger partial charge is 0.374 e. The molecule has 0 aromatic carbocycles. The van der Waals surface area contributed by atoms with E-state index in [1.807, 2.05) is 0 Å². The van der Waals surface area contributed by atoms with Crippen LogP contribution in [-0.2, 0) is 0 Å². The molecule has 1 unspecified atom stereocenters. The molecular formula is C10H18N2. The fourth-order valence-corrected chi connectivity index (χ4v) is 2.02. The molecule has 0 aromatic heterocycles. The second kappa shape index (κ2) is 2.49.